The molecular weight excluding hydrogens is 454 g/mol. The summed E-state index contributed by atoms with van der Waals surface area (Å²) in [5.74, 6) is 2.58. The van der Waals surface area contributed by atoms with Crippen LogP contribution >= 0.6 is 0 Å². The second-order valence-corrected chi connectivity index (χ2v) is 13.6. The van der Waals surface area contributed by atoms with Crippen molar-refractivity contribution in [2.45, 2.75) is 129 Å². The molecule has 36 heavy (non-hydrogen) atoms. The van der Waals surface area contributed by atoms with Crippen LogP contribution in [0.25, 0.3) is 0 Å². The van der Waals surface area contributed by atoms with Gasteiger partial charge >= 0.3 is 5.97 Å². The third-order valence-electron chi connectivity index (χ3n) is 11.7. The molecule has 4 saturated carbocycles. The number of carbonyl (C=O) groups excluding carboxylic acids is 1. The number of nitrogens with one attached hydrogen (secondary N) is 1. The van der Waals surface area contributed by atoms with Crippen LogP contribution in [0.15, 0.2) is 0 Å². The van der Waals surface area contributed by atoms with Crippen LogP contribution in [0.2, 0.25) is 0 Å². The molecule has 0 bridgehead atoms. The molecule has 1 heterocycles. The van der Waals surface area contributed by atoms with Gasteiger partial charge in [-0.25, -0.2) is 0 Å². The number of ether oxygens (including phenoxy) is 1. The topological polar surface area (TPSA) is 95.9 Å². The van der Waals surface area contributed by atoms with Gasteiger partial charge in [-0.05, 0) is 125 Å². The number of carbonyl (C=O) groups is 2. The highest BCUT2D eigenvalue weighted by Crippen LogP contribution is 2.68. The molecule has 6 nitrogen and oxygen atoms in total. The number of carboxylic acid groups (broad SMARTS) is 1. The van der Waals surface area contributed by atoms with Crippen LogP contribution < -0.4 is 5.32 Å². The van der Waals surface area contributed by atoms with Gasteiger partial charge in [0.25, 0.3) is 5.97 Å². The first-order valence-corrected chi connectivity index (χ1v) is 14.7. The van der Waals surface area contributed by atoms with Gasteiger partial charge in [-0.2, -0.15) is 0 Å². The number of esters is 1. The quantitative estimate of drug-likeness (QED) is 0.435. The van der Waals surface area contributed by atoms with E-state index in [1.165, 1.54) is 57.8 Å². The van der Waals surface area contributed by atoms with Crippen molar-refractivity contribution in [2.24, 2.45) is 40.4 Å². The lowest BCUT2D eigenvalue weighted by Crippen LogP contribution is -2.60. The molecule has 3 N–H and O–H groups in total. The summed E-state index contributed by atoms with van der Waals surface area (Å²) in [7, 11) is 0. The Morgan fingerprint density at radius 2 is 1.58 bits per heavy atom. The number of aliphatic carboxylic acids is 1. The number of carboxylic acids is 1. The molecule has 0 aromatic rings. The molecule has 10 atom stereocenters. The van der Waals surface area contributed by atoms with E-state index in [4.69, 9.17) is 14.6 Å². The lowest BCUT2D eigenvalue weighted by atomic mass is 9.44. The van der Waals surface area contributed by atoms with Crippen molar-refractivity contribution in [2.75, 3.05) is 6.54 Å². The summed E-state index contributed by atoms with van der Waals surface area (Å²) in [6, 6.07) is 0.263. The van der Waals surface area contributed by atoms with E-state index in [1.54, 1.807) is 6.92 Å². The van der Waals surface area contributed by atoms with Gasteiger partial charge in [0, 0.05) is 19.9 Å². The summed E-state index contributed by atoms with van der Waals surface area (Å²) in [6.45, 7) is 11.0. The van der Waals surface area contributed by atoms with Gasteiger partial charge in [0.05, 0.1) is 5.60 Å². The highest BCUT2D eigenvalue weighted by atomic mass is 16.5. The summed E-state index contributed by atoms with van der Waals surface area (Å²) >= 11 is 0. The van der Waals surface area contributed by atoms with E-state index in [9.17, 15) is 9.90 Å². The predicted octanol–water partition coefficient (Wildman–Crippen LogP) is 5.56. The highest BCUT2D eigenvalue weighted by Gasteiger charge is 2.63. The molecule has 0 amide bonds. The largest absolute Gasteiger partial charge is 0.481 e. The Hall–Kier alpha value is -1.14. The van der Waals surface area contributed by atoms with E-state index in [0.29, 0.717) is 17.3 Å². The normalized spacial score (nSPS) is 45.6. The smallest absolute Gasteiger partial charge is 0.302 e. The van der Waals surface area contributed by atoms with Gasteiger partial charge in [0.15, 0.2) is 0 Å². The van der Waals surface area contributed by atoms with E-state index in [2.05, 4.69) is 26.1 Å². The van der Waals surface area contributed by atoms with Crippen molar-refractivity contribution in [3.63, 3.8) is 0 Å². The monoisotopic (exact) mass is 505 g/mol. The van der Waals surface area contributed by atoms with Crippen molar-refractivity contribution < 1.29 is 24.5 Å². The van der Waals surface area contributed by atoms with Gasteiger partial charge < -0.3 is 20.3 Å². The van der Waals surface area contributed by atoms with Crippen LogP contribution in [0.1, 0.15) is 112 Å². The molecular formula is C30H51NO5. The van der Waals surface area contributed by atoms with Gasteiger partial charge in [-0.15, -0.1) is 0 Å². The summed E-state index contributed by atoms with van der Waals surface area (Å²) in [6.07, 6.45) is 14.9. The fraction of sp³-hybridized carbons (Fsp3) is 0.933. The van der Waals surface area contributed by atoms with Crippen molar-refractivity contribution in [3.8, 4) is 0 Å². The van der Waals surface area contributed by atoms with E-state index < -0.39 is 11.6 Å². The zero-order chi connectivity index (χ0) is 26.3. The Morgan fingerprint density at radius 1 is 0.917 bits per heavy atom. The number of fused-ring (bicyclic) bond motifs is 5. The average molecular weight is 506 g/mol. The highest BCUT2D eigenvalue weighted by molar-refractivity contribution is 5.66. The Kier molecular flexibility index (Phi) is 8.17. The van der Waals surface area contributed by atoms with Crippen LogP contribution in [0, 0.1) is 40.4 Å². The van der Waals surface area contributed by atoms with Crippen LogP contribution in [0.4, 0.5) is 0 Å². The van der Waals surface area contributed by atoms with Crippen LogP contribution in [-0.2, 0) is 14.3 Å². The third-order valence-corrected chi connectivity index (χ3v) is 11.7. The lowest BCUT2D eigenvalue weighted by molar-refractivity contribution is -0.165. The summed E-state index contributed by atoms with van der Waals surface area (Å²) in [5.41, 5.74) is 0.0916. The molecule has 0 aromatic carbocycles. The third kappa shape index (κ3) is 5.10. The maximum Gasteiger partial charge on any atom is 0.302 e. The zero-order valence-electron chi connectivity index (χ0n) is 23.4. The number of aliphatic hydroxyl groups is 1. The van der Waals surface area contributed by atoms with E-state index in [0.717, 1.165) is 50.5 Å². The molecule has 5 rings (SSSR count). The Morgan fingerprint density at radius 3 is 2.22 bits per heavy atom. The molecule has 0 radical (unpaired) electrons. The van der Waals surface area contributed by atoms with Crippen molar-refractivity contribution >= 4 is 11.9 Å². The maximum atomic E-state index is 11.9. The second-order valence-electron chi connectivity index (χ2n) is 13.6. The van der Waals surface area contributed by atoms with Crippen molar-refractivity contribution in [3.05, 3.63) is 0 Å². The molecule has 4 aliphatic carbocycles. The number of rotatable bonds is 3. The van der Waals surface area contributed by atoms with E-state index in [-0.39, 0.29) is 23.5 Å². The molecule has 1 saturated heterocycles. The van der Waals surface area contributed by atoms with Crippen molar-refractivity contribution in [1.82, 2.24) is 5.32 Å². The first-order chi connectivity index (χ1) is 16.9. The summed E-state index contributed by atoms with van der Waals surface area (Å²) in [5, 5.41) is 23.0. The number of hydrogen-bond acceptors (Lipinski definition) is 5. The molecule has 206 valence electrons. The van der Waals surface area contributed by atoms with Crippen LogP contribution in [-0.4, -0.2) is 46.4 Å². The summed E-state index contributed by atoms with van der Waals surface area (Å²) < 4.78 is 5.64. The molecule has 6 heteroatoms. The van der Waals surface area contributed by atoms with Crippen LogP contribution in [0.3, 0.4) is 0 Å². The van der Waals surface area contributed by atoms with E-state index >= 15 is 0 Å². The average Bonchev–Trinajstić information content (AvgIpc) is 3.17. The summed E-state index contributed by atoms with van der Waals surface area (Å²) in [4.78, 5) is 20.5. The first kappa shape index (κ1) is 27.9. The Labute approximate surface area is 218 Å². The van der Waals surface area contributed by atoms with Crippen molar-refractivity contribution in [1.29, 1.82) is 0 Å². The Balaban J connectivity index is 0.000000709. The van der Waals surface area contributed by atoms with E-state index in [1.807, 2.05) is 0 Å². The molecule has 1 aliphatic heterocycles. The SMILES string of the molecule is CC(=O)O.CC(=O)OC1CC[C@@]2(C)C(CC[C@@H]3[C@@H]2CC[C@]2(C)C(C(C)(O)C4CCCCN4)CC[C@@H]32)C1. The molecule has 5 aliphatic rings. The molecule has 0 spiro atoms. The Bertz CT molecular complexity index is 803. The maximum absolute atomic E-state index is 11.9. The number of hydrogen-bond donors (Lipinski definition) is 3. The standard InChI is InChI=1S/C28H47NO3.C2H4O2/c1-18(30)32-20-12-14-26(2)19(17-20)8-9-21-22-10-11-24(27(22,3)15-13-23(21)26)28(4,31)25-7-5-6-16-29-25;1-2(3)4/h19-25,29,31H,5-17H2,1-4H3;1H3,(H,3,4)/t19?,20?,21-,22-,23-,24?,25?,26-,27-,28?;/m0./s1. The lowest BCUT2D eigenvalue weighted by Gasteiger charge is -2.62. The predicted molar refractivity (Wildman–Crippen MR) is 140 cm³/mol. The van der Waals surface area contributed by atoms with Gasteiger partial charge in [0.2, 0.25) is 0 Å². The van der Waals surface area contributed by atoms with Gasteiger partial charge in [-0.1, -0.05) is 20.3 Å². The molecule has 0 aromatic heterocycles. The molecule has 5 unspecified atom stereocenters. The minimum atomic E-state index is -0.833. The minimum Gasteiger partial charge on any atom is -0.481 e. The molecule has 5 fully saturated rings. The first-order valence-electron chi connectivity index (χ1n) is 14.7. The second kappa shape index (κ2) is 10.6. The zero-order valence-corrected chi connectivity index (χ0v) is 23.4. The fourth-order valence-corrected chi connectivity index (χ4v) is 10.1. The van der Waals surface area contributed by atoms with Gasteiger partial charge in [-0.3, -0.25) is 9.59 Å². The fourth-order valence-electron chi connectivity index (χ4n) is 10.1. The minimum absolute atomic E-state index is 0.114. The van der Waals surface area contributed by atoms with Crippen LogP contribution in [0.5, 0.6) is 0 Å². The van der Waals surface area contributed by atoms with Gasteiger partial charge in [0.1, 0.15) is 6.10 Å². The number of piperidine rings is 1.